The van der Waals surface area contributed by atoms with E-state index in [9.17, 15) is 8.42 Å². The zero-order valence-corrected chi connectivity index (χ0v) is 11.9. The fourth-order valence-corrected chi connectivity index (χ4v) is 3.63. The lowest BCUT2D eigenvalue weighted by molar-refractivity contribution is 0.250. The minimum atomic E-state index is -3.54. The number of benzene rings is 1. The van der Waals surface area contributed by atoms with E-state index in [1.54, 1.807) is 24.3 Å². The average molecular weight is 294 g/mol. The van der Waals surface area contributed by atoms with Crippen LogP contribution in [-0.2, 0) is 10.0 Å². The van der Waals surface area contributed by atoms with Crippen molar-refractivity contribution < 1.29 is 13.5 Å². The van der Waals surface area contributed by atoms with Gasteiger partial charge in [0.05, 0.1) is 18.0 Å². The maximum Gasteiger partial charge on any atom is 0.243 e. The molecule has 0 bridgehead atoms. The molecule has 1 fully saturated rings. The topological polar surface area (TPSA) is 83.6 Å². The second-order valence-electron chi connectivity index (χ2n) is 4.60. The highest BCUT2D eigenvalue weighted by Crippen LogP contribution is 2.31. The molecular weight excluding hydrogens is 276 g/mol. The van der Waals surface area contributed by atoms with E-state index in [4.69, 9.17) is 10.8 Å². The summed E-state index contributed by atoms with van der Waals surface area (Å²) in [5.74, 6) is 5.57. The van der Waals surface area contributed by atoms with E-state index in [2.05, 4.69) is 11.8 Å². The van der Waals surface area contributed by atoms with Crippen LogP contribution in [0, 0.1) is 11.8 Å². The van der Waals surface area contributed by atoms with Crippen LogP contribution in [0.2, 0.25) is 0 Å². The molecule has 0 atom stereocenters. The zero-order valence-electron chi connectivity index (χ0n) is 11.1. The van der Waals surface area contributed by atoms with Crippen LogP contribution in [0.15, 0.2) is 29.2 Å². The maximum absolute atomic E-state index is 12.5. The summed E-state index contributed by atoms with van der Waals surface area (Å²) in [6.07, 6.45) is 1.72. The summed E-state index contributed by atoms with van der Waals surface area (Å²) in [6, 6.07) is 6.45. The molecule has 1 aliphatic rings. The first-order chi connectivity index (χ1) is 9.59. The van der Waals surface area contributed by atoms with Gasteiger partial charge in [-0.25, -0.2) is 8.42 Å². The molecule has 0 aromatic heterocycles. The van der Waals surface area contributed by atoms with Crippen molar-refractivity contribution in [3.8, 4) is 11.8 Å². The standard InChI is InChI=1S/C14H18N2O3S/c15-9-1-2-12-3-7-14(8-4-12)20(18,19)16(10-11-17)13-5-6-13/h3-4,7-8,13,17H,5-6,9-11,15H2. The van der Waals surface area contributed by atoms with Crippen molar-refractivity contribution in [1.82, 2.24) is 4.31 Å². The molecule has 20 heavy (non-hydrogen) atoms. The SMILES string of the molecule is NCC#Cc1ccc(S(=O)(=O)N(CCO)C2CC2)cc1. The Kier molecular flexibility index (Phi) is 4.78. The van der Waals surface area contributed by atoms with Crippen molar-refractivity contribution in [1.29, 1.82) is 0 Å². The molecule has 0 aliphatic heterocycles. The van der Waals surface area contributed by atoms with E-state index in [1.807, 2.05) is 0 Å². The van der Waals surface area contributed by atoms with Gasteiger partial charge in [0.25, 0.3) is 0 Å². The van der Waals surface area contributed by atoms with Crippen LogP contribution in [0.4, 0.5) is 0 Å². The molecule has 0 amide bonds. The van der Waals surface area contributed by atoms with Crippen LogP contribution in [0.5, 0.6) is 0 Å². The highest BCUT2D eigenvalue weighted by atomic mass is 32.2. The number of sulfonamides is 1. The van der Waals surface area contributed by atoms with Gasteiger partial charge in [0.2, 0.25) is 10.0 Å². The summed E-state index contributed by atoms with van der Waals surface area (Å²) in [4.78, 5) is 0.233. The highest BCUT2D eigenvalue weighted by molar-refractivity contribution is 7.89. The van der Waals surface area contributed by atoms with Crippen molar-refractivity contribution in [2.75, 3.05) is 19.7 Å². The van der Waals surface area contributed by atoms with Crippen molar-refractivity contribution in [2.24, 2.45) is 5.73 Å². The second kappa shape index (κ2) is 6.37. The first kappa shape index (κ1) is 15.0. The number of nitrogens with zero attached hydrogens (tertiary/aromatic N) is 1. The third kappa shape index (κ3) is 3.38. The Balaban J connectivity index is 2.24. The first-order valence-electron chi connectivity index (χ1n) is 6.51. The monoisotopic (exact) mass is 294 g/mol. The Hall–Kier alpha value is -1.39. The predicted molar refractivity (Wildman–Crippen MR) is 76.4 cm³/mol. The molecule has 0 radical (unpaired) electrons. The Morgan fingerprint density at radius 2 is 1.95 bits per heavy atom. The van der Waals surface area contributed by atoms with E-state index in [0.29, 0.717) is 0 Å². The minimum absolute atomic E-state index is 0.0314. The molecule has 108 valence electrons. The van der Waals surface area contributed by atoms with E-state index >= 15 is 0 Å². The van der Waals surface area contributed by atoms with Crippen LogP contribution < -0.4 is 5.73 Å². The molecule has 0 spiro atoms. The number of aliphatic hydroxyl groups excluding tert-OH is 1. The Morgan fingerprint density at radius 1 is 1.30 bits per heavy atom. The summed E-state index contributed by atoms with van der Waals surface area (Å²) in [5, 5.41) is 9.03. The van der Waals surface area contributed by atoms with E-state index in [1.165, 1.54) is 4.31 Å². The van der Waals surface area contributed by atoms with Gasteiger partial charge in [-0.2, -0.15) is 4.31 Å². The second-order valence-corrected chi connectivity index (χ2v) is 6.49. The summed E-state index contributed by atoms with van der Waals surface area (Å²) in [6.45, 7) is 0.240. The molecule has 0 heterocycles. The smallest absolute Gasteiger partial charge is 0.243 e. The lowest BCUT2D eigenvalue weighted by atomic mass is 10.2. The van der Waals surface area contributed by atoms with Crippen molar-refractivity contribution >= 4 is 10.0 Å². The molecular formula is C14H18N2O3S. The summed E-state index contributed by atoms with van der Waals surface area (Å²) < 4.78 is 26.4. The number of rotatable bonds is 5. The number of aliphatic hydroxyl groups is 1. The average Bonchev–Trinajstić information content (AvgIpc) is 3.27. The highest BCUT2D eigenvalue weighted by Gasteiger charge is 2.37. The number of nitrogens with two attached hydrogens (primary N) is 1. The van der Waals surface area contributed by atoms with Gasteiger partial charge in [0.1, 0.15) is 0 Å². The lowest BCUT2D eigenvalue weighted by Gasteiger charge is -2.20. The quantitative estimate of drug-likeness (QED) is 0.757. The molecule has 3 N–H and O–H groups in total. The largest absolute Gasteiger partial charge is 0.395 e. The van der Waals surface area contributed by atoms with Crippen molar-refractivity contribution in [2.45, 2.75) is 23.8 Å². The Morgan fingerprint density at radius 3 is 2.45 bits per heavy atom. The Bertz CT molecular complexity index is 610. The predicted octanol–water partition coefficient (Wildman–Crippen LogP) is 0.142. The van der Waals surface area contributed by atoms with Gasteiger partial charge in [-0.05, 0) is 37.1 Å². The van der Waals surface area contributed by atoms with Crippen LogP contribution in [0.25, 0.3) is 0 Å². The molecule has 0 saturated heterocycles. The van der Waals surface area contributed by atoms with Crippen LogP contribution in [0.1, 0.15) is 18.4 Å². The summed E-state index contributed by atoms with van der Waals surface area (Å²) >= 11 is 0. The third-order valence-corrected chi connectivity index (χ3v) is 5.04. The van der Waals surface area contributed by atoms with Crippen LogP contribution in [0.3, 0.4) is 0 Å². The van der Waals surface area contributed by atoms with Crippen molar-refractivity contribution in [3.05, 3.63) is 29.8 Å². The van der Waals surface area contributed by atoms with Gasteiger partial charge in [-0.3, -0.25) is 0 Å². The molecule has 0 unspecified atom stereocenters. The fraction of sp³-hybridized carbons (Fsp3) is 0.429. The van der Waals surface area contributed by atoms with Gasteiger partial charge in [-0.1, -0.05) is 11.8 Å². The lowest BCUT2D eigenvalue weighted by Crippen LogP contribution is -2.35. The molecule has 1 aliphatic carbocycles. The van der Waals surface area contributed by atoms with Gasteiger partial charge in [-0.15, -0.1) is 0 Å². The van der Waals surface area contributed by atoms with Gasteiger partial charge < -0.3 is 10.8 Å². The van der Waals surface area contributed by atoms with E-state index in [0.717, 1.165) is 18.4 Å². The maximum atomic E-state index is 12.5. The van der Waals surface area contributed by atoms with Gasteiger partial charge in [0, 0.05) is 18.2 Å². The molecule has 1 aromatic rings. The van der Waals surface area contributed by atoms with Gasteiger partial charge in [0.15, 0.2) is 0 Å². The first-order valence-corrected chi connectivity index (χ1v) is 7.95. The molecule has 6 heteroatoms. The Labute approximate surface area is 119 Å². The number of hydrogen-bond acceptors (Lipinski definition) is 4. The third-order valence-electron chi connectivity index (χ3n) is 3.07. The number of hydrogen-bond donors (Lipinski definition) is 2. The van der Waals surface area contributed by atoms with Crippen molar-refractivity contribution in [3.63, 3.8) is 0 Å². The van der Waals surface area contributed by atoms with E-state index in [-0.39, 0.29) is 30.6 Å². The normalized spacial score (nSPS) is 14.9. The molecule has 5 nitrogen and oxygen atoms in total. The molecule has 1 saturated carbocycles. The van der Waals surface area contributed by atoms with Crippen LogP contribution >= 0.6 is 0 Å². The van der Waals surface area contributed by atoms with E-state index < -0.39 is 10.0 Å². The fourth-order valence-electron chi connectivity index (χ4n) is 1.96. The summed E-state index contributed by atoms with van der Waals surface area (Å²) in [5.41, 5.74) is 6.02. The molecule has 2 rings (SSSR count). The molecule has 1 aromatic carbocycles. The summed E-state index contributed by atoms with van der Waals surface area (Å²) in [7, 11) is -3.54. The van der Waals surface area contributed by atoms with Gasteiger partial charge >= 0.3 is 0 Å². The zero-order chi connectivity index (χ0) is 14.6. The minimum Gasteiger partial charge on any atom is -0.395 e. The van der Waals surface area contributed by atoms with Crippen LogP contribution in [-0.4, -0.2) is 43.6 Å².